The van der Waals surface area contributed by atoms with E-state index in [0.29, 0.717) is 12.2 Å². The molecular weight excluding hydrogens is 260 g/mol. The van der Waals surface area contributed by atoms with Gasteiger partial charge in [0.05, 0.1) is 11.6 Å². The van der Waals surface area contributed by atoms with Crippen LogP contribution in [-0.2, 0) is 19.6 Å². The van der Waals surface area contributed by atoms with Gasteiger partial charge in [-0.3, -0.25) is 0 Å². The molecule has 3 heteroatoms. The fraction of sp³-hybridized carbons (Fsp3) is 0.278. The monoisotopic (exact) mass is 278 g/mol. The van der Waals surface area contributed by atoms with E-state index in [1.807, 2.05) is 36.4 Å². The molecule has 0 spiro atoms. The van der Waals surface area contributed by atoms with Crippen molar-refractivity contribution >= 4 is 0 Å². The van der Waals surface area contributed by atoms with Gasteiger partial charge < -0.3 is 9.64 Å². The lowest BCUT2D eigenvalue weighted by Gasteiger charge is -2.26. The predicted molar refractivity (Wildman–Crippen MR) is 82.0 cm³/mol. The Morgan fingerprint density at radius 1 is 1.19 bits per heavy atom. The first-order chi connectivity index (χ1) is 10.3. The zero-order chi connectivity index (χ0) is 14.7. The molecule has 0 saturated heterocycles. The molecule has 0 aromatic heterocycles. The Morgan fingerprint density at radius 3 is 2.90 bits per heavy atom. The molecule has 1 aliphatic heterocycles. The Bertz CT molecular complexity index is 688. The SMILES string of the molecule is CN1CCc2c(cccc2OCc2ccccc2C#N)C1. The minimum Gasteiger partial charge on any atom is -0.489 e. The maximum atomic E-state index is 9.13. The summed E-state index contributed by atoms with van der Waals surface area (Å²) in [6, 6.07) is 16.0. The van der Waals surface area contributed by atoms with Crippen molar-refractivity contribution in [2.45, 2.75) is 19.6 Å². The molecule has 0 amide bonds. The van der Waals surface area contributed by atoms with Crippen molar-refractivity contribution in [2.24, 2.45) is 0 Å². The van der Waals surface area contributed by atoms with Gasteiger partial charge in [0.2, 0.25) is 0 Å². The second-order valence-electron chi connectivity index (χ2n) is 5.44. The third-order valence-electron chi connectivity index (χ3n) is 3.93. The summed E-state index contributed by atoms with van der Waals surface area (Å²) in [7, 11) is 2.14. The number of nitrogens with zero attached hydrogens (tertiary/aromatic N) is 2. The summed E-state index contributed by atoms with van der Waals surface area (Å²) in [4.78, 5) is 2.32. The maximum Gasteiger partial charge on any atom is 0.123 e. The zero-order valence-corrected chi connectivity index (χ0v) is 12.2. The molecule has 0 N–H and O–H groups in total. The van der Waals surface area contributed by atoms with E-state index in [4.69, 9.17) is 10.00 Å². The maximum absolute atomic E-state index is 9.13. The zero-order valence-electron chi connectivity index (χ0n) is 12.2. The molecule has 0 saturated carbocycles. The third kappa shape index (κ3) is 2.91. The van der Waals surface area contributed by atoms with Gasteiger partial charge in [-0.25, -0.2) is 0 Å². The van der Waals surface area contributed by atoms with Crippen molar-refractivity contribution in [2.75, 3.05) is 13.6 Å². The van der Waals surface area contributed by atoms with Crippen LogP contribution in [0.3, 0.4) is 0 Å². The highest BCUT2D eigenvalue weighted by atomic mass is 16.5. The van der Waals surface area contributed by atoms with Crippen LogP contribution in [0, 0.1) is 11.3 Å². The van der Waals surface area contributed by atoms with Gasteiger partial charge in [0.15, 0.2) is 0 Å². The summed E-state index contributed by atoms with van der Waals surface area (Å²) < 4.78 is 6.00. The Balaban J connectivity index is 1.80. The summed E-state index contributed by atoms with van der Waals surface area (Å²) in [5, 5.41) is 9.13. The first-order valence-corrected chi connectivity index (χ1v) is 7.18. The summed E-state index contributed by atoms with van der Waals surface area (Å²) in [6.07, 6.45) is 1.02. The van der Waals surface area contributed by atoms with E-state index in [1.165, 1.54) is 11.1 Å². The molecule has 0 fully saturated rings. The van der Waals surface area contributed by atoms with Crippen molar-refractivity contribution in [1.82, 2.24) is 4.90 Å². The molecule has 1 aliphatic rings. The molecule has 0 bridgehead atoms. The number of rotatable bonds is 3. The highest BCUT2D eigenvalue weighted by Crippen LogP contribution is 2.28. The first kappa shape index (κ1) is 13.7. The number of hydrogen-bond donors (Lipinski definition) is 0. The summed E-state index contributed by atoms with van der Waals surface area (Å²) in [5.41, 5.74) is 4.27. The lowest BCUT2D eigenvalue weighted by molar-refractivity contribution is 0.283. The number of likely N-dealkylation sites (N-methyl/N-ethyl adjacent to an activating group) is 1. The van der Waals surface area contributed by atoms with Crippen LogP contribution in [0.1, 0.15) is 22.3 Å². The Kier molecular flexibility index (Phi) is 3.89. The van der Waals surface area contributed by atoms with Crippen molar-refractivity contribution in [3.63, 3.8) is 0 Å². The summed E-state index contributed by atoms with van der Waals surface area (Å²) in [5.74, 6) is 0.952. The number of hydrogen-bond acceptors (Lipinski definition) is 3. The van der Waals surface area contributed by atoms with Crippen molar-refractivity contribution in [3.8, 4) is 11.8 Å². The quantitative estimate of drug-likeness (QED) is 0.865. The van der Waals surface area contributed by atoms with Crippen molar-refractivity contribution in [3.05, 3.63) is 64.7 Å². The lowest BCUT2D eigenvalue weighted by atomic mass is 9.99. The standard InChI is InChI=1S/C18H18N2O/c1-20-10-9-17-15(12-20)7-4-8-18(17)21-13-16-6-3-2-5-14(16)11-19/h2-8H,9-10,12-13H2,1H3. The molecule has 2 aromatic rings. The number of fused-ring (bicyclic) bond motifs is 1. The highest BCUT2D eigenvalue weighted by molar-refractivity contribution is 5.42. The van der Waals surface area contributed by atoms with Gasteiger partial charge >= 0.3 is 0 Å². The molecule has 3 rings (SSSR count). The number of ether oxygens (including phenoxy) is 1. The number of benzene rings is 2. The summed E-state index contributed by atoms with van der Waals surface area (Å²) >= 11 is 0. The van der Waals surface area contributed by atoms with E-state index in [1.54, 1.807) is 0 Å². The fourth-order valence-corrected chi connectivity index (χ4v) is 2.76. The molecule has 21 heavy (non-hydrogen) atoms. The van der Waals surface area contributed by atoms with Crippen LogP contribution in [-0.4, -0.2) is 18.5 Å². The molecule has 1 heterocycles. The first-order valence-electron chi connectivity index (χ1n) is 7.18. The molecule has 0 aliphatic carbocycles. The van der Waals surface area contributed by atoms with Crippen LogP contribution in [0.4, 0.5) is 0 Å². The van der Waals surface area contributed by atoms with E-state index in [-0.39, 0.29) is 0 Å². The Morgan fingerprint density at radius 2 is 2.05 bits per heavy atom. The van der Waals surface area contributed by atoms with Crippen molar-refractivity contribution in [1.29, 1.82) is 5.26 Å². The van der Waals surface area contributed by atoms with Crippen LogP contribution >= 0.6 is 0 Å². The van der Waals surface area contributed by atoms with Gasteiger partial charge in [-0.2, -0.15) is 5.26 Å². The van der Waals surface area contributed by atoms with E-state index in [0.717, 1.165) is 30.8 Å². The molecule has 0 radical (unpaired) electrons. The second kappa shape index (κ2) is 5.99. The van der Waals surface area contributed by atoms with Gasteiger partial charge in [-0.15, -0.1) is 0 Å². The van der Waals surface area contributed by atoms with E-state index >= 15 is 0 Å². The molecule has 0 unspecified atom stereocenters. The largest absolute Gasteiger partial charge is 0.489 e. The summed E-state index contributed by atoms with van der Waals surface area (Å²) in [6.45, 7) is 2.47. The van der Waals surface area contributed by atoms with Gasteiger partial charge in [-0.1, -0.05) is 30.3 Å². The average Bonchev–Trinajstić information content (AvgIpc) is 2.52. The van der Waals surface area contributed by atoms with Gasteiger partial charge in [-0.05, 0) is 36.7 Å². The van der Waals surface area contributed by atoms with Crippen LogP contribution < -0.4 is 4.74 Å². The van der Waals surface area contributed by atoms with Crippen molar-refractivity contribution < 1.29 is 4.74 Å². The molecular formula is C18H18N2O. The van der Waals surface area contributed by atoms with Crippen LogP contribution in [0.15, 0.2) is 42.5 Å². The lowest BCUT2D eigenvalue weighted by Crippen LogP contribution is -2.26. The molecule has 2 aromatic carbocycles. The van der Waals surface area contributed by atoms with E-state index in [9.17, 15) is 0 Å². The molecule has 3 nitrogen and oxygen atoms in total. The molecule has 106 valence electrons. The fourth-order valence-electron chi connectivity index (χ4n) is 2.76. The van der Waals surface area contributed by atoms with Crippen LogP contribution in [0.2, 0.25) is 0 Å². The predicted octanol–water partition coefficient (Wildman–Crippen LogP) is 3.13. The average molecular weight is 278 g/mol. The van der Waals surface area contributed by atoms with E-state index in [2.05, 4.69) is 24.1 Å². The topological polar surface area (TPSA) is 36.3 Å². The smallest absolute Gasteiger partial charge is 0.123 e. The minimum atomic E-state index is 0.441. The van der Waals surface area contributed by atoms with Gasteiger partial charge in [0, 0.05) is 18.7 Å². The molecule has 0 atom stereocenters. The van der Waals surface area contributed by atoms with Gasteiger partial charge in [0.25, 0.3) is 0 Å². The number of nitriles is 1. The van der Waals surface area contributed by atoms with Gasteiger partial charge in [0.1, 0.15) is 12.4 Å². The van der Waals surface area contributed by atoms with Crippen LogP contribution in [0.25, 0.3) is 0 Å². The van der Waals surface area contributed by atoms with Crippen LogP contribution in [0.5, 0.6) is 5.75 Å². The second-order valence-corrected chi connectivity index (χ2v) is 5.44. The Hall–Kier alpha value is -2.31. The normalized spacial score (nSPS) is 14.3. The van der Waals surface area contributed by atoms with E-state index < -0.39 is 0 Å². The Labute approximate surface area is 125 Å². The third-order valence-corrected chi connectivity index (χ3v) is 3.93. The highest BCUT2D eigenvalue weighted by Gasteiger charge is 2.17. The minimum absolute atomic E-state index is 0.441.